The standard InChI is InChI=1S/C12H16N2O6/c1-6-2-3-7(14(18)19)4-8(6)13-12-11(17)10(16)9(15)5-20-12/h2-4,9-13,15-17H,5H2,1H3/t9-,10+,11+,12-/m1/s1. The molecule has 0 radical (unpaired) electrons. The van der Waals surface area contributed by atoms with E-state index >= 15 is 0 Å². The normalized spacial score (nSPS) is 30.0. The lowest BCUT2D eigenvalue weighted by Gasteiger charge is -2.36. The summed E-state index contributed by atoms with van der Waals surface area (Å²) in [6, 6.07) is 4.26. The van der Waals surface area contributed by atoms with Crippen molar-refractivity contribution >= 4 is 11.4 Å². The molecule has 0 spiro atoms. The smallest absolute Gasteiger partial charge is 0.271 e. The van der Waals surface area contributed by atoms with Crippen LogP contribution in [0.15, 0.2) is 18.2 Å². The Bertz CT molecular complexity index is 509. The van der Waals surface area contributed by atoms with E-state index in [0.29, 0.717) is 5.69 Å². The number of aliphatic hydroxyl groups is 3. The van der Waals surface area contributed by atoms with Gasteiger partial charge in [-0.25, -0.2) is 0 Å². The molecule has 1 heterocycles. The monoisotopic (exact) mass is 284 g/mol. The summed E-state index contributed by atoms with van der Waals surface area (Å²) in [7, 11) is 0. The molecule has 2 rings (SSSR count). The van der Waals surface area contributed by atoms with Crippen LogP contribution in [-0.4, -0.2) is 51.4 Å². The van der Waals surface area contributed by atoms with Gasteiger partial charge in [0.1, 0.15) is 18.3 Å². The first-order valence-electron chi connectivity index (χ1n) is 6.07. The van der Waals surface area contributed by atoms with Gasteiger partial charge in [-0.05, 0) is 12.5 Å². The predicted molar refractivity (Wildman–Crippen MR) is 69.2 cm³/mol. The van der Waals surface area contributed by atoms with Gasteiger partial charge in [-0.2, -0.15) is 0 Å². The number of aliphatic hydroxyl groups excluding tert-OH is 3. The number of aryl methyl sites for hydroxylation is 1. The van der Waals surface area contributed by atoms with Crippen LogP contribution in [0, 0.1) is 17.0 Å². The van der Waals surface area contributed by atoms with Crippen molar-refractivity contribution in [1.82, 2.24) is 0 Å². The molecule has 0 saturated carbocycles. The van der Waals surface area contributed by atoms with Crippen LogP contribution in [0.2, 0.25) is 0 Å². The number of nitrogens with one attached hydrogen (secondary N) is 1. The molecule has 0 bridgehead atoms. The van der Waals surface area contributed by atoms with Crippen molar-refractivity contribution in [3.63, 3.8) is 0 Å². The minimum atomic E-state index is -1.34. The fourth-order valence-corrected chi connectivity index (χ4v) is 1.97. The Hall–Kier alpha value is -1.74. The summed E-state index contributed by atoms with van der Waals surface area (Å²) in [4.78, 5) is 10.2. The van der Waals surface area contributed by atoms with Crippen LogP contribution >= 0.6 is 0 Å². The van der Waals surface area contributed by atoms with E-state index < -0.39 is 29.5 Å². The van der Waals surface area contributed by atoms with E-state index in [1.807, 2.05) is 0 Å². The zero-order chi connectivity index (χ0) is 14.9. The van der Waals surface area contributed by atoms with Gasteiger partial charge in [-0.3, -0.25) is 10.1 Å². The van der Waals surface area contributed by atoms with Gasteiger partial charge in [0.05, 0.1) is 11.5 Å². The third-order valence-electron chi connectivity index (χ3n) is 3.23. The lowest BCUT2D eigenvalue weighted by atomic mass is 10.0. The van der Waals surface area contributed by atoms with E-state index in [0.717, 1.165) is 5.56 Å². The summed E-state index contributed by atoms with van der Waals surface area (Å²) in [5.74, 6) is 0. The zero-order valence-corrected chi connectivity index (χ0v) is 10.8. The fraction of sp³-hybridized carbons (Fsp3) is 0.500. The Morgan fingerprint density at radius 3 is 2.70 bits per heavy atom. The molecular weight excluding hydrogens is 268 g/mol. The first kappa shape index (κ1) is 14.7. The van der Waals surface area contributed by atoms with E-state index in [1.165, 1.54) is 12.1 Å². The average molecular weight is 284 g/mol. The number of nitrogens with zero attached hydrogens (tertiary/aromatic N) is 1. The van der Waals surface area contributed by atoms with Gasteiger partial charge in [0.25, 0.3) is 5.69 Å². The quantitative estimate of drug-likeness (QED) is 0.445. The molecule has 1 aromatic rings. The molecule has 0 amide bonds. The van der Waals surface area contributed by atoms with Gasteiger partial charge >= 0.3 is 0 Å². The number of hydrogen-bond acceptors (Lipinski definition) is 7. The topological polar surface area (TPSA) is 125 Å². The molecule has 0 aromatic heterocycles. The van der Waals surface area contributed by atoms with Crippen LogP contribution < -0.4 is 5.32 Å². The fourth-order valence-electron chi connectivity index (χ4n) is 1.97. The highest BCUT2D eigenvalue weighted by atomic mass is 16.6. The molecular formula is C12H16N2O6. The van der Waals surface area contributed by atoms with Crippen molar-refractivity contribution in [3.05, 3.63) is 33.9 Å². The molecule has 1 aliphatic rings. The minimum Gasteiger partial charge on any atom is -0.388 e. The summed E-state index contributed by atoms with van der Waals surface area (Å²) in [6.45, 7) is 1.61. The van der Waals surface area contributed by atoms with E-state index in [1.54, 1.807) is 13.0 Å². The van der Waals surface area contributed by atoms with Crippen LogP contribution in [0.3, 0.4) is 0 Å². The Balaban J connectivity index is 2.17. The van der Waals surface area contributed by atoms with Gasteiger partial charge in [0, 0.05) is 17.8 Å². The van der Waals surface area contributed by atoms with Crippen molar-refractivity contribution in [2.75, 3.05) is 11.9 Å². The van der Waals surface area contributed by atoms with E-state index in [9.17, 15) is 25.4 Å². The minimum absolute atomic E-state index is 0.0935. The molecule has 1 fully saturated rings. The summed E-state index contributed by atoms with van der Waals surface area (Å²) in [5.41, 5.74) is 1.06. The third kappa shape index (κ3) is 2.88. The molecule has 110 valence electrons. The Labute approximate surface area is 114 Å². The number of ether oxygens (including phenoxy) is 1. The lowest BCUT2D eigenvalue weighted by molar-refractivity contribution is -0.384. The molecule has 0 unspecified atom stereocenters. The van der Waals surface area contributed by atoms with Gasteiger partial charge in [-0.15, -0.1) is 0 Å². The van der Waals surface area contributed by atoms with Crippen molar-refractivity contribution in [2.45, 2.75) is 31.5 Å². The van der Waals surface area contributed by atoms with Crippen molar-refractivity contribution in [2.24, 2.45) is 0 Å². The number of hydrogen-bond donors (Lipinski definition) is 4. The molecule has 1 aliphatic heterocycles. The molecule has 4 N–H and O–H groups in total. The molecule has 8 heteroatoms. The number of nitro benzene ring substituents is 1. The number of nitro groups is 1. The van der Waals surface area contributed by atoms with E-state index in [-0.39, 0.29) is 12.3 Å². The van der Waals surface area contributed by atoms with Crippen molar-refractivity contribution in [1.29, 1.82) is 0 Å². The summed E-state index contributed by atoms with van der Waals surface area (Å²) < 4.78 is 5.19. The number of anilines is 1. The number of non-ortho nitro benzene ring substituents is 1. The second-order valence-electron chi connectivity index (χ2n) is 4.70. The predicted octanol–water partition coefficient (Wildman–Crippen LogP) is -0.246. The summed E-state index contributed by atoms with van der Waals surface area (Å²) in [6.07, 6.45) is -4.78. The second-order valence-corrected chi connectivity index (χ2v) is 4.70. The molecule has 1 saturated heterocycles. The van der Waals surface area contributed by atoms with Crippen LogP contribution in [-0.2, 0) is 4.74 Å². The highest BCUT2D eigenvalue weighted by Crippen LogP contribution is 2.25. The van der Waals surface area contributed by atoms with Gasteiger partial charge in [0.2, 0.25) is 0 Å². The third-order valence-corrected chi connectivity index (χ3v) is 3.23. The van der Waals surface area contributed by atoms with Gasteiger partial charge in [0.15, 0.2) is 6.23 Å². The summed E-state index contributed by atoms with van der Waals surface area (Å²) in [5, 5.41) is 42.3. The highest BCUT2D eigenvalue weighted by molar-refractivity contribution is 5.57. The SMILES string of the molecule is Cc1ccc([N+](=O)[O-])cc1N[C@@H]1OC[C@@H](O)[C@H](O)[C@@H]1O. The largest absolute Gasteiger partial charge is 0.388 e. The molecule has 20 heavy (non-hydrogen) atoms. The maximum absolute atomic E-state index is 10.7. The van der Waals surface area contributed by atoms with E-state index in [2.05, 4.69) is 5.32 Å². The zero-order valence-electron chi connectivity index (χ0n) is 10.8. The Kier molecular flexibility index (Phi) is 4.19. The summed E-state index contributed by atoms with van der Waals surface area (Å²) >= 11 is 0. The second kappa shape index (κ2) is 5.71. The van der Waals surface area contributed by atoms with Gasteiger partial charge < -0.3 is 25.4 Å². The molecule has 4 atom stereocenters. The molecule has 0 aliphatic carbocycles. The average Bonchev–Trinajstić information content (AvgIpc) is 2.41. The first-order valence-corrected chi connectivity index (χ1v) is 6.07. The number of benzene rings is 1. The Morgan fingerprint density at radius 2 is 2.05 bits per heavy atom. The lowest BCUT2D eigenvalue weighted by Crippen LogP contribution is -2.55. The van der Waals surface area contributed by atoms with E-state index in [4.69, 9.17) is 4.74 Å². The Morgan fingerprint density at radius 1 is 1.35 bits per heavy atom. The first-order chi connectivity index (χ1) is 9.40. The maximum atomic E-state index is 10.7. The van der Waals surface area contributed by atoms with Crippen LogP contribution in [0.5, 0.6) is 0 Å². The highest BCUT2D eigenvalue weighted by Gasteiger charge is 2.37. The molecule has 1 aromatic carbocycles. The van der Waals surface area contributed by atoms with Crippen LogP contribution in [0.1, 0.15) is 5.56 Å². The van der Waals surface area contributed by atoms with Crippen molar-refractivity contribution in [3.8, 4) is 0 Å². The number of rotatable bonds is 3. The van der Waals surface area contributed by atoms with Gasteiger partial charge in [-0.1, -0.05) is 6.07 Å². The van der Waals surface area contributed by atoms with Crippen molar-refractivity contribution < 1.29 is 25.0 Å². The molecule has 8 nitrogen and oxygen atoms in total. The maximum Gasteiger partial charge on any atom is 0.271 e. The van der Waals surface area contributed by atoms with Crippen LogP contribution in [0.4, 0.5) is 11.4 Å². The van der Waals surface area contributed by atoms with Crippen LogP contribution in [0.25, 0.3) is 0 Å².